The molecule has 5 heterocycles. The Bertz CT molecular complexity index is 964. The molecule has 5 aliphatic heterocycles. The molecular formula is C26H38N4O6. The number of aliphatic hydroxyl groups is 1. The number of rotatable bonds is 6. The van der Waals surface area contributed by atoms with E-state index in [0.29, 0.717) is 45.8 Å². The number of fused-ring (bicyclic) bond motifs is 2. The molecule has 36 heavy (non-hydrogen) atoms. The van der Waals surface area contributed by atoms with Gasteiger partial charge in [0.25, 0.3) is 0 Å². The highest BCUT2D eigenvalue weighted by Crippen LogP contribution is 2.58. The van der Waals surface area contributed by atoms with Crippen LogP contribution in [0.3, 0.4) is 0 Å². The van der Waals surface area contributed by atoms with Crippen molar-refractivity contribution in [3.63, 3.8) is 0 Å². The predicted octanol–water partition coefficient (Wildman–Crippen LogP) is -0.513. The van der Waals surface area contributed by atoms with Crippen molar-refractivity contribution in [2.75, 3.05) is 66.1 Å². The highest BCUT2D eigenvalue weighted by atomic mass is 16.5. The monoisotopic (exact) mass is 502 g/mol. The van der Waals surface area contributed by atoms with Crippen LogP contribution in [0.5, 0.6) is 0 Å². The second kappa shape index (κ2) is 9.55. The Hall–Kier alpha value is -2.27. The van der Waals surface area contributed by atoms with E-state index >= 15 is 0 Å². The molecule has 0 radical (unpaired) electrons. The molecule has 1 N–H and O–H groups in total. The Morgan fingerprint density at radius 3 is 2.44 bits per heavy atom. The summed E-state index contributed by atoms with van der Waals surface area (Å²) in [5.41, 5.74) is -2.24. The highest BCUT2D eigenvalue weighted by Gasteiger charge is 2.75. The van der Waals surface area contributed by atoms with Crippen molar-refractivity contribution in [1.29, 1.82) is 0 Å². The van der Waals surface area contributed by atoms with Gasteiger partial charge in [0.2, 0.25) is 17.7 Å². The van der Waals surface area contributed by atoms with Crippen LogP contribution in [0.4, 0.5) is 0 Å². The number of hydrogen-bond acceptors (Lipinski definition) is 7. The first kappa shape index (κ1) is 25.4. The number of amides is 3. The lowest BCUT2D eigenvalue weighted by Crippen LogP contribution is -2.59. The van der Waals surface area contributed by atoms with Crippen molar-refractivity contribution in [3.05, 3.63) is 24.3 Å². The third kappa shape index (κ3) is 3.72. The zero-order chi connectivity index (χ0) is 25.7. The zero-order valence-electron chi connectivity index (χ0n) is 21.5. The largest absolute Gasteiger partial charge is 0.394 e. The number of hydrogen-bond donors (Lipinski definition) is 1. The van der Waals surface area contributed by atoms with Crippen molar-refractivity contribution in [3.8, 4) is 0 Å². The van der Waals surface area contributed by atoms with Crippen LogP contribution in [-0.4, -0.2) is 132 Å². The van der Waals surface area contributed by atoms with Crippen LogP contribution in [0.15, 0.2) is 24.3 Å². The van der Waals surface area contributed by atoms with Gasteiger partial charge in [-0.15, -0.1) is 0 Å². The number of morpholine rings is 1. The Kier molecular flexibility index (Phi) is 6.74. The zero-order valence-corrected chi connectivity index (χ0v) is 21.5. The fourth-order valence-electron chi connectivity index (χ4n) is 6.72. The molecule has 0 saturated carbocycles. The van der Waals surface area contributed by atoms with Crippen LogP contribution >= 0.6 is 0 Å². The maximum absolute atomic E-state index is 14.2. The number of ether oxygens (including phenoxy) is 2. The van der Waals surface area contributed by atoms with E-state index in [1.54, 1.807) is 23.8 Å². The lowest BCUT2D eigenvalue weighted by Gasteiger charge is -2.40. The predicted molar refractivity (Wildman–Crippen MR) is 131 cm³/mol. The van der Waals surface area contributed by atoms with E-state index in [2.05, 4.69) is 4.90 Å². The van der Waals surface area contributed by atoms with Gasteiger partial charge < -0.3 is 29.3 Å². The molecule has 3 saturated heterocycles. The first-order valence-electron chi connectivity index (χ1n) is 13.1. The summed E-state index contributed by atoms with van der Waals surface area (Å²) in [5.74, 6) is -2.23. The van der Waals surface area contributed by atoms with Gasteiger partial charge in [-0.3, -0.25) is 19.3 Å². The first-order chi connectivity index (χ1) is 17.3. The molecule has 0 bridgehead atoms. The summed E-state index contributed by atoms with van der Waals surface area (Å²) in [5, 5.41) is 10.0. The lowest BCUT2D eigenvalue weighted by atomic mass is 9.73. The topological polar surface area (TPSA) is 103 Å². The summed E-state index contributed by atoms with van der Waals surface area (Å²) in [6.45, 7) is 8.50. The van der Waals surface area contributed by atoms with Gasteiger partial charge in [-0.05, 0) is 13.3 Å². The number of aliphatic hydroxyl groups excluding tert-OH is 1. The van der Waals surface area contributed by atoms with Gasteiger partial charge in [-0.2, -0.15) is 0 Å². The average Bonchev–Trinajstić information content (AvgIpc) is 3.20. The van der Waals surface area contributed by atoms with Crippen LogP contribution in [-0.2, 0) is 23.9 Å². The Labute approximate surface area is 212 Å². The smallest absolute Gasteiger partial charge is 0.249 e. The number of likely N-dealkylation sites (N-methyl/N-ethyl adjacent to an activating group) is 1. The fourth-order valence-corrected chi connectivity index (χ4v) is 6.72. The quantitative estimate of drug-likeness (QED) is 0.488. The minimum Gasteiger partial charge on any atom is -0.394 e. The Morgan fingerprint density at radius 1 is 1.03 bits per heavy atom. The van der Waals surface area contributed by atoms with Crippen molar-refractivity contribution in [2.45, 2.75) is 43.6 Å². The van der Waals surface area contributed by atoms with Gasteiger partial charge in [0, 0.05) is 46.3 Å². The molecule has 1 unspecified atom stereocenters. The SMILES string of the molecule is CC[C@]12C=CCN(C)C(=O)[C@H]1[C@H]1C(=O)N([C@H](C)CO)C3C(=O)N(CCN4CCOCC4)CC=C[C@@]31O2. The summed E-state index contributed by atoms with van der Waals surface area (Å²) >= 11 is 0. The molecule has 0 aliphatic carbocycles. The highest BCUT2D eigenvalue weighted by molar-refractivity contribution is 6.00. The van der Waals surface area contributed by atoms with Crippen LogP contribution in [0.2, 0.25) is 0 Å². The van der Waals surface area contributed by atoms with Crippen molar-refractivity contribution < 1.29 is 29.0 Å². The fraction of sp³-hybridized carbons (Fsp3) is 0.731. The molecule has 0 aromatic heterocycles. The van der Waals surface area contributed by atoms with Crippen LogP contribution in [0.1, 0.15) is 20.3 Å². The summed E-state index contributed by atoms with van der Waals surface area (Å²) in [4.78, 5) is 49.1. The first-order valence-corrected chi connectivity index (χ1v) is 13.1. The molecule has 198 valence electrons. The van der Waals surface area contributed by atoms with E-state index in [4.69, 9.17) is 9.47 Å². The van der Waals surface area contributed by atoms with Crippen LogP contribution in [0.25, 0.3) is 0 Å². The van der Waals surface area contributed by atoms with E-state index in [1.165, 1.54) is 4.90 Å². The van der Waals surface area contributed by atoms with E-state index in [0.717, 1.165) is 13.1 Å². The summed E-state index contributed by atoms with van der Waals surface area (Å²) in [7, 11) is 1.73. The third-order valence-corrected chi connectivity index (χ3v) is 8.69. The second-order valence-electron chi connectivity index (χ2n) is 10.7. The normalized spacial score (nSPS) is 37.6. The molecular weight excluding hydrogens is 464 g/mol. The number of carbonyl (C=O) groups excluding carboxylic acids is 3. The molecule has 10 heteroatoms. The summed E-state index contributed by atoms with van der Waals surface area (Å²) in [6.07, 6.45) is 8.13. The summed E-state index contributed by atoms with van der Waals surface area (Å²) < 4.78 is 12.3. The molecule has 3 amide bonds. The van der Waals surface area contributed by atoms with Crippen molar-refractivity contribution in [1.82, 2.24) is 19.6 Å². The van der Waals surface area contributed by atoms with Crippen LogP contribution < -0.4 is 0 Å². The minimum absolute atomic E-state index is 0.149. The number of nitrogens with zero attached hydrogens (tertiary/aromatic N) is 4. The number of likely N-dealkylation sites (tertiary alicyclic amines) is 1. The molecule has 10 nitrogen and oxygen atoms in total. The maximum atomic E-state index is 14.2. The molecule has 0 aromatic rings. The Balaban J connectivity index is 1.54. The van der Waals surface area contributed by atoms with Gasteiger partial charge in [0.05, 0.1) is 43.3 Å². The molecule has 5 aliphatic rings. The Morgan fingerprint density at radius 2 is 1.75 bits per heavy atom. The minimum atomic E-state index is -1.27. The second-order valence-corrected chi connectivity index (χ2v) is 10.7. The van der Waals surface area contributed by atoms with Crippen molar-refractivity contribution in [2.24, 2.45) is 11.8 Å². The van der Waals surface area contributed by atoms with Crippen LogP contribution in [0, 0.1) is 11.8 Å². The lowest BCUT2D eigenvalue weighted by molar-refractivity contribution is -0.156. The molecule has 3 fully saturated rings. The van der Waals surface area contributed by atoms with E-state index in [9.17, 15) is 19.5 Å². The van der Waals surface area contributed by atoms with Gasteiger partial charge in [-0.25, -0.2) is 0 Å². The maximum Gasteiger partial charge on any atom is 0.249 e. The number of carbonyl (C=O) groups is 3. The van der Waals surface area contributed by atoms with Crippen molar-refractivity contribution >= 4 is 17.7 Å². The van der Waals surface area contributed by atoms with Gasteiger partial charge in [0.15, 0.2) is 0 Å². The third-order valence-electron chi connectivity index (χ3n) is 8.69. The van der Waals surface area contributed by atoms with E-state index < -0.39 is 35.1 Å². The van der Waals surface area contributed by atoms with Gasteiger partial charge in [0.1, 0.15) is 11.6 Å². The molecule has 5 rings (SSSR count). The van der Waals surface area contributed by atoms with Gasteiger partial charge >= 0.3 is 0 Å². The average molecular weight is 503 g/mol. The summed E-state index contributed by atoms with van der Waals surface area (Å²) in [6, 6.07) is -1.53. The molecule has 1 spiro atoms. The standard InChI is InChI=1S/C26H38N4O6/c1-4-25-7-5-9-27(3)22(32)19(25)20-23(33)30(18(2)17-31)21-24(34)29(10-6-8-26(20,21)36-25)12-11-28-13-15-35-16-14-28/h5-8,18-21,31H,4,9-17H2,1-3H3/t18-,19-,20+,21?,25+,26+/m1/s1. The van der Waals surface area contributed by atoms with Gasteiger partial charge in [-0.1, -0.05) is 31.2 Å². The molecule has 0 aromatic carbocycles. The van der Waals surface area contributed by atoms with E-state index in [-0.39, 0.29) is 24.3 Å². The van der Waals surface area contributed by atoms with E-state index in [1.807, 2.05) is 31.2 Å². The molecule has 6 atom stereocenters.